The Hall–Kier alpha value is -2.37. The lowest BCUT2D eigenvalue weighted by molar-refractivity contribution is -0.118. The predicted molar refractivity (Wildman–Crippen MR) is 103 cm³/mol. The van der Waals surface area contributed by atoms with Crippen LogP contribution in [0, 0.1) is 11.3 Å². The molecule has 1 heterocycles. The summed E-state index contributed by atoms with van der Waals surface area (Å²) in [5.74, 6) is 1.22. The molecule has 2 aromatic rings. The number of hydrogen-bond acceptors (Lipinski definition) is 7. The van der Waals surface area contributed by atoms with Gasteiger partial charge in [0, 0.05) is 17.5 Å². The van der Waals surface area contributed by atoms with E-state index in [0.717, 1.165) is 23.9 Å². The number of carbonyl (C=O) groups excluding carboxylic acids is 1. The zero-order chi connectivity index (χ0) is 18.1. The number of rotatable bonds is 8. The van der Waals surface area contributed by atoms with Crippen LogP contribution in [0.4, 0.5) is 11.5 Å². The SMILES string of the molecule is N#Cc1c(N)cc(N)nc1SCC(=O)NCCCSc1ccccc1. The molecule has 6 nitrogen and oxygen atoms in total. The maximum absolute atomic E-state index is 11.9. The molecule has 25 heavy (non-hydrogen) atoms. The highest BCUT2D eigenvalue weighted by Gasteiger charge is 2.12. The van der Waals surface area contributed by atoms with Crippen molar-refractivity contribution in [1.29, 1.82) is 5.26 Å². The number of aromatic nitrogens is 1. The number of carbonyl (C=O) groups is 1. The summed E-state index contributed by atoms with van der Waals surface area (Å²) in [5, 5.41) is 12.4. The van der Waals surface area contributed by atoms with Gasteiger partial charge in [-0.1, -0.05) is 30.0 Å². The van der Waals surface area contributed by atoms with Crippen LogP contribution in [0.25, 0.3) is 0 Å². The highest BCUT2D eigenvalue weighted by molar-refractivity contribution is 8.00. The molecule has 0 atom stereocenters. The molecular weight excluding hydrogens is 354 g/mol. The molecule has 130 valence electrons. The Morgan fingerprint density at radius 3 is 2.72 bits per heavy atom. The Labute approximate surface area is 155 Å². The van der Waals surface area contributed by atoms with E-state index in [2.05, 4.69) is 22.4 Å². The van der Waals surface area contributed by atoms with Gasteiger partial charge in [-0.2, -0.15) is 5.26 Å². The first kappa shape index (κ1) is 19.0. The highest BCUT2D eigenvalue weighted by atomic mass is 32.2. The molecule has 0 spiro atoms. The van der Waals surface area contributed by atoms with Crippen molar-refractivity contribution in [1.82, 2.24) is 10.3 Å². The van der Waals surface area contributed by atoms with Gasteiger partial charge < -0.3 is 16.8 Å². The maximum atomic E-state index is 11.9. The van der Waals surface area contributed by atoms with Crippen LogP contribution < -0.4 is 16.8 Å². The summed E-state index contributed by atoms with van der Waals surface area (Å²) in [7, 11) is 0. The Balaban J connectivity index is 1.70. The minimum atomic E-state index is -0.110. The van der Waals surface area contributed by atoms with Crippen LogP contribution in [-0.2, 0) is 4.79 Å². The van der Waals surface area contributed by atoms with E-state index in [1.807, 2.05) is 24.3 Å². The van der Waals surface area contributed by atoms with Crippen LogP contribution in [0.2, 0.25) is 0 Å². The number of nitrogens with one attached hydrogen (secondary N) is 1. The van der Waals surface area contributed by atoms with Crippen LogP contribution in [0.5, 0.6) is 0 Å². The molecule has 0 fully saturated rings. The second kappa shape index (κ2) is 9.81. The second-order valence-electron chi connectivity index (χ2n) is 5.08. The zero-order valence-electron chi connectivity index (χ0n) is 13.6. The summed E-state index contributed by atoms with van der Waals surface area (Å²) in [6.45, 7) is 0.608. The number of hydrogen-bond donors (Lipinski definition) is 3. The van der Waals surface area contributed by atoms with E-state index in [1.54, 1.807) is 11.8 Å². The van der Waals surface area contributed by atoms with Gasteiger partial charge in [0.1, 0.15) is 22.5 Å². The van der Waals surface area contributed by atoms with E-state index >= 15 is 0 Å². The van der Waals surface area contributed by atoms with E-state index in [-0.39, 0.29) is 28.7 Å². The van der Waals surface area contributed by atoms with E-state index in [0.29, 0.717) is 11.6 Å². The first-order valence-corrected chi connectivity index (χ1v) is 9.60. The third-order valence-corrected chi connectivity index (χ3v) is 5.22. The van der Waals surface area contributed by atoms with Gasteiger partial charge in [0.15, 0.2) is 0 Å². The average molecular weight is 374 g/mol. The van der Waals surface area contributed by atoms with E-state index < -0.39 is 0 Å². The maximum Gasteiger partial charge on any atom is 0.230 e. The van der Waals surface area contributed by atoms with Crippen molar-refractivity contribution < 1.29 is 4.79 Å². The first-order chi connectivity index (χ1) is 12.1. The normalized spacial score (nSPS) is 10.2. The summed E-state index contributed by atoms with van der Waals surface area (Å²) in [5.41, 5.74) is 11.9. The predicted octanol–water partition coefficient (Wildman–Crippen LogP) is 2.51. The van der Waals surface area contributed by atoms with Crippen LogP contribution in [0.3, 0.4) is 0 Å². The number of thioether (sulfide) groups is 2. The van der Waals surface area contributed by atoms with Gasteiger partial charge in [-0.15, -0.1) is 11.8 Å². The number of nitrogens with two attached hydrogens (primary N) is 2. The van der Waals surface area contributed by atoms with Crippen molar-refractivity contribution in [3.63, 3.8) is 0 Å². The quantitative estimate of drug-likeness (QED) is 0.480. The first-order valence-electron chi connectivity index (χ1n) is 7.63. The third kappa shape index (κ3) is 6.21. The minimum Gasteiger partial charge on any atom is -0.397 e. The summed E-state index contributed by atoms with van der Waals surface area (Å²) in [4.78, 5) is 17.2. The van der Waals surface area contributed by atoms with E-state index in [9.17, 15) is 4.79 Å². The number of nitrogens with zero attached hydrogens (tertiary/aromatic N) is 2. The topological polar surface area (TPSA) is 118 Å². The monoisotopic (exact) mass is 373 g/mol. The van der Waals surface area contributed by atoms with Gasteiger partial charge >= 0.3 is 0 Å². The summed E-state index contributed by atoms with van der Waals surface area (Å²) in [6.07, 6.45) is 0.878. The molecule has 1 aromatic carbocycles. The summed E-state index contributed by atoms with van der Waals surface area (Å²) >= 11 is 2.92. The second-order valence-corrected chi connectivity index (χ2v) is 7.21. The molecule has 8 heteroatoms. The molecule has 0 aliphatic rings. The van der Waals surface area contributed by atoms with Gasteiger partial charge in [0.25, 0.3) is 0 Å². The fourth-order valence-electron chi connectivity index (χ4n) is 1.97. The Morgan fingerprint density at radius 2 is 2.00 bits per heavy atom. The molecule has 2 rings (SSSR count). The zero-order valence-corrected chi connectivity index (χ0v) is 15.2. The van der Waals surface area contributed by atoms with Crippen molar-refractivity contribution in [2.75, 3.05) is 29.5 Å². The molecule has 0 bridgehead atoms. The fraction of sp³-hybridized carbons (Fsp3) is 0.235. The molecule has 1 aromatic heterocycles. The number of anilines is 2. The molecule has 0 saturated carbocycles. The Bertz CT molecular complexity index is 762. The van der Waals surface area contributed by atoms with Crippen molar-refractivity contribution in [2.24, 2.45) is 0 Å². The van der Waals surface area contributed by atoms with Crippen LogP contribution in [0.15, 0.2) is 46.3 Å². The number of amides is 1. The number of pyridine rings is 1. The molecule has 0 aliphatic carbocycles. The lowest BCUT2D eigenvalue weighted by Crippen LogP contribution is -2.26. The Morgan fingerprint density at radius 1 is 1.24 bits per heavy atom. The van der Waals surface area contributed by atoms with Crippen molar-refractivity contribution >= 4 is 40.9 Å². The average Bonchev–Trinajstić information content (AvgIpc) is 2.60. The lowest BCUT2D eigenvalue weighted by Gasteiger charge is -2.08. The molecule has 0 radical (unpaired) electrons. The van der Waals surface area contributed by atoms with Crippen molar-refractivity contribution in [3.8, 4) is 6.07 Å². The van der Waals surface area contributed by atoms with Crippen LogP contribution in [-0.4, -0.2) is 28.9 Å². The lowest BCUT2D eigenvalue weighted by atomic mass is 10.2. The van der Waals surface area contributed by atoms with Gasteiger partial charge in [0.05, 0.1) is 11.4 Å². The van der Waals surface area contributed by atoms with Crippen molar-refractivity contribution in [2.45, 2.75) is 16.3 Å². The van der Waals surface area contributed by atoms with Gasteiger partial charge in [0.2, 0.25) is 5.91 Å². The van der Waals surface area contributed by atoms with E-state index in [1.165, 1.54) is 11.0 Å². The van der Waals surface area contributed by atoms with Crippen LogP contribution >= 0.6 is 23.5 Å². The number of nitrogen functional groups attached to an aromatic ring is 2. The number of benzene rings is 1. The summed E-state index contributed by atoms with van der Waals surface area (Å²) in [6, 6.07) is 13.6. The molecule has 0 unspecified atom stereocenters. The standard InChI is InChI=1S/C17H19N5OS2/c18-10-13-14(19)9-15(20)22-17(13)25-11-16(23)21-7-4-8-24-12-5-2-1-3-6-12/h1-3,5-6,9H,4,7-8,11H2,(H,21,23)(H4,19,20,22). The van der Waals surface area contributed by atoms with Gasteiger partial charge in [-0.25, -0.2) is 4.98 Å². The Kier molecular flexibility index (Phi) is 7.44. The van der Waals surface area contributed by atoms with Crippen LogP contribution in [0.1, 0.15) is 12.0 Å². The highest BCUT2D eigenvalue weighted by Crippen LogP contribution is 2.26. The molecule has 0 saturated heterocycles. The van der Waals surface area contributed by atoms with Crippen molar-refractivity contribution in [3.05, 3.63) is 42.0 Å². The van der Waals surface area contributed by atoms with E-state index in [4.69, 9.17) is 16.7 Å². The van der Waals surface area contributed by atoms with Gasteiger partial charge in [-0.05, 0) is 24.3 Å². The molecule has 5 N–H and O–H groups in total. The third-order valence-electron chi connectivity index (χ3n) is 3.14. The largest absolute Gasteiger partial charge is 0.397 e. The summed E-state index contributed by atoms with van der Waals surface area (Å²) < 4.78 is 0. The van der Waals surface area contributed by atoms with Gasteiger partial charge in [-0.3, -0.25) is 4.79 Å². The smallest absolute Gasteiger partial charge is 0.230 e. The minimum absolute atomic E-state index is 0.110. The fourth-order valence-corrected chi connectivity index (χ4v) is 3.69. The molecule has 1 amide bonds. The number of nitriles is 1. The molecule has 0 aliphatic heterocycles. The molecular formula is C17H19N5OS2.